The van der Waals surface area contributed by atoms with E-state index >= 15 is 0 Å². The van der Waals surface area contributed by atoms with E-state index in [4.69, 9.17) is 10.5 Å². The molecule has 0 bridgehead atoms. The van der Waals surface area contributed by atoms with Gasteiger partial charge >= 0.3 is 6.03 Å². The van der Waals surface area contributed by atoms with Crippen molar-refractivity contribution in [3.05, 3.63) is 84.7 Å². The second kappa shape index (κ2) is 7.31. The number of hydrogen-bond donors (Lipinski definition) is 2. The SMILES string of the molecule is NCc1ccnc(Oc2cccc3c2ccn3C(=O)Nc2ccccc2)c1. The van der Waals surface area contributed by atoms with Crippen LogP contribution >= 0.6 is 0 Å². The average Bonchev–Trinajstić information content (AvgIpc) is 3.14. The zero-order valence-corrected chi connectivity index (χ0v) is 14.5. The van der Waals surface area contributed by atoms with E-state index in [1.165, 1.54) is 0 Å². The Hall–Kier alpha value is -3.64. The molecule has 6 nitrogen and oxygen atoms in total. The van der Waals surface area contributed by atoms with Gasteiger partial charge in [-0.3, -0.25) is 4.57 Å². The van der Waals surface area contributed by atoms with Crippen LogP contribution in [-0.2, 0) is 6.54 Å². The van der Waals surface area contributed by atoms with Crippen LogP contribution in [0.15, 0.2) is 79.1 Å². The number of carbonyl (C=O) groups excluding carboxylic acids is 1. The fourth-order valence-electron chi connectivity index (χ4n) is 2.86. The normalized spacial score (nSPS) is 10.7. The van der Waals surface area contributed by atoms with E-state index in [0.29, 0.717) is 18.2 Å². The third kappa shape index (κ3) is 3.51. The van der Waals surface area contributed by atoms with Crippen molar-refractivity contribution in [2.45, 2.75) is 6.54 Å². The molecule has 4 aromatic rings. The number of rotatable bonds is 4. The molecule has 2 aromatic carbocycles. The van der Waals surface area contributed by atoms with Crippen LogP contribution in [0.2, 0.25) is 0 Å². The van der Waals surface area contributed by atoms with Gasteiger partial charge in [-0.2, -0.15) is 0 Å². The average molecular weight is 358 g/mol. The van der Waals surface area contributed by atoms with Crippen molar-refractivity contribution in [1.82, 2.24) is 9.55 Å². The van der Waals surface area contributed by atoms with Gasteiger partial charge in [0, 0.05) is 36.1 Å². The minimum absolute atomic E-state index is 0.239. The number of nitrogens with two attached hydrogens (primary N) is 1. The summed E-state index contributed by atoms with van der Waals surface area (Å²) in [5, 5.41) is 3.70. The largest absolute Gasteiger partial charge is 0.438 e. The minimum Gasteiger partial charge on any atom is -0.438 e. The monoisotopic (exact) mass is 358 g/mol. The summed E-state index contributed by atoms with van der Waals surface area (Å²) in [5.41, 5.74) is 8.09. The molecule has 0 fully saturated rings. The van der Waals surface area contributed by atoms with Crippen LogP contribution in [0.25, 0.3) is 10.9 Å². The Bertz CT molecular complexity index is 1090. The summed E-state index contributed by atoms with van der Waals surface area (Å²) in [7, 11) is 0. The molecule has 27 heavy (non-hydrogen) atoms. The summed E-state index contributed by atoms with van der Waals surface area (Å²) in [6, 6.07) is 20.1. The molecule has 0 aliphatic rings. The van der Waals surface area contributed by atoms with Crippen molar-refractivity contribution >= 4 is 22.6 Å². The number of nitrogens with one attached hydrogen (secondary N) is 1. The van der Waals surface area contributed by atoms with E-state index in [-0.39, 0.29) is 6.03 Å². The van der Waals surface area contributed by atoms with Crippen molar-refractivity contribution in [2.24, 2.45) is 5.73 Å². The number of nitrogens with zero attached hydrogens (tertiary/aromatic N) is 2. The van der Waals surface area contributed by atoms with Crippen molar-refractivity contribution < 1.29 is 9.53 Å². The second-order valence-electron chi connectivity index (χ2n) is 5.98. The minimum atomic E-state index is -0.239. The van der Waals surface area contributed by atoms with Crippen molar-refractivity contribution in [3.63, 3.8) is 0 Å². The zero-order chi connectivity index (χ0) is 18.6. The fourth-order valence-corrected chi connectivity index (χ4v) is 2.86. The van der Waals surface area contributed by atoms with Gasteiger partial charge in [0.25, 0.3) is 0 Å². The molecule has 0 aliphatic carbocycles. The van der Waals surface area contributed by atoms with Crippen LogP contribution in [0.3, 0.4) is 0 Å². The van der Waals surface area contributed by atoms with Gasteiger partial charge < -0.3 is 15.8 Å². The van der Waals surface area contributed by atoms with Gasteiger partial charge in [0.15, 0.2) is 0 Å². The van der Waals surface area contributed by atoms with E-state index < -0.39 is 0 Å². The smallest absolute Gasteiger partial charge is 0.330 e. The summed E-state index contributed by atoms with van der Waals surface area (Å²) in [4.78, 5) is 16.9. The maximum atomic E-state index is 12.6. The Kier molecular flexibility index (Phi) is 4.55. The first kappa shape index (κ1) is 16.8. The molecule has 1 amide bonds. The highest BCUT2D eigenvalue weighted by atomic mass is 16.5. The van der Waals surface area contributed by atoms with Gasteiger partial charge in [0.2, 0.25) is 5.88 Å². The Labute approximate surface area is 156 Å². The lowest BCUT2D eigenvalue weighted by atomic mass is 10.2. The number of carbonyl (C=O) groups is 1. The molecule has 2 heterocycles. The molecule has 4 rings (SSSR count). The molecule has 0 saturated carbocycles. The van der Waals surface area contributed by atoms with Gasteiger partial charge in [-0.1, -0.05) is 24.3 Å². The molecule has 0 aliphatic heterocycles. The number of para-hydroxylation sites is 1. The van der Waals surface area contributed by atoms with Crippen molar-refractivity contribution in [3.8, 4) is 11.6 Å². The van der Waals surface area contributed by atoms with Gasteiger partial charge in [-0.05, 0) is 42.0 Å². The molecule has 134 valence electrons. The van der Waals surface area contributed by atoms with E-state index in [1.54, 1.807) is 23.0 Å². The van der Waals surface area contributed by atoms with E-state index in [9.17, 15) is 4.79 Å². The number of amides is 1. The predicted octanol–water partition coefficient (Wildman–Crippen LogP) is 4.37. The lowest BCUT2D eigenvalue weighted by Gasteiger charge is -2.09. The summed E-state index contributed by atoms with van der Waals surface area (Å²) < 4.78 is 7.49. The Balaban J connectivity index is 1.64. The van der Waals surface area contributed by atoms with Gasteiger partial charge in [-0.25, -0.2) is 9.78 Å². The number of anilines is 1. The number of ether oxygens (including phenoxy) is 1. The Morgan fingerprint density at radius 3 is 2.74 bits per heavy atom. The van der Waals surface area contributed by atoms with E-state index in [1.807, 2.05) is 60.7 Å². The molecule has 0 atom stereocenters. The quantitative estimate of drug-likeness (QED) is 0.568. The second-order valence-corrected chi connectivity index (χ2v) is 5.98. The Morgan fingerprint density at radius 2 is 1.93 bits per heavy atom. The number of hydrogen-bond acceptors (Lipinski definition) is 4. The molecule has 6 heteroatoms. The standard InChI is InChI=1S/C21H18N4O2/c22-14-15-9-11-23-20(13-15)27-19-8-4-7-18-17(19)10-12-25(18)21(26)24-16-5-2-1-3-6-16/h1-13H,14,22H2,(H,24,26). The zero-order valence-electron chi connectivity index (χ0n) is 14.5. The Morgan fingerprint density at radius 1 is 1.07 bits per heavy atom. The first-order valence-corrected chi connectivity index (χ1v) is 8.54. The molecule has 0 unspecified atom stereocenters. The van der Waals surface area contributed by atoms with Crippen LogP contribution < -0.4 is 15.8 Å². The van der Waals surface area contributed by atoms with Crippen LogP contribution in [0.5, 0.6) is 11.6 Å². The maximum Gasteiger partial charge on any atom is 0.330 e. The number of pyridine rings is 1. The van der Waals surface area contributed by atoms with Crippen molar-refractivity contribution in [2.75, 3.05) is 5.32 Å². The van der Waals surface area contributed by atoms with E-state index in [2.05, 4.69) is 10.3 Å². The summed E-state index contributed by atoms with van der Waals surface area (Å²) in [6.07, 6.45) is 3.38. The maximum absolute atomic E-state index is 12.6. The predicted molar refractivity (Wildman–Crippen MR) is 105 cm³/mol. The van der Waals surface area contributed by atoms with Gasteiger partial charge in [0.05, 0.1) is 5.52 Å². The fraction of sp³-hybridized carbons (Fsp3) is 0.0476. The van der Waals surface area contributed by atoms with E-state index in [0.717, 1.165) is 22.2 Å². The highest BCUT2D eigenvalue weighted by Gasteiger charge is 2.13. The highest BCUT2D eigenvalue weighted by Crippen LogP contribution is 2.30. The van der Waals surface area contributed by atoms with Gasteiger partial charge in [-0.15, -0.1) is 0 Å². The first-order chi connectivity index (χ1) is 13.2. The third-order valence-corrected chi connectivity index (χ3v) is 4.19. The van der Waals surface area contributed by atoms with Crippen LogP contribution in [0.1, 0.15) is 5.56 Å². The summed E-state index contributed by atoms with van der Waals surface area (Å²) in [6.45, 7) is 0.416. The van der Waals surface area contributed by atoms with Crippen molar-refractivity contribution in [1.29, 1.82) is 0 Å². The van der Waals surface area contributed by atoms with Gasteiger partial charge in [0.1, 0.15) is 5.75 Å². The molecular formula is C21H18N4O2. The van der Waals surface area contributed by atoms with Crippen LogP contribution in [0.4, 0.5) is 10.5 Å². The topological polar surface area (TPSA) is 82.2 Å². The molecule has 0 radical (unpaired) electrons. The van der Waals surface area contributed by atoms with Crippen LogP contribution in [-0.4, -0.2) is 15.6 Å². The molecule has 2 aromatic heterocycles. The number of benzene rings is 2. The lowest BCUT2D eigenvalue weighted by Crippen LogP contribution is -2.18. The number of fused-ring (bicyclic) bond motifs is 1. The first-order valence-electron chi connectivity index (χ1n) is 8.54. The molecular weight excluding hydrogens is 340 g/mol. The lowest BCUT2D eigenvalue weighted by molar-refractivity contribution is 0.254. The highest BCUT2D eigenvalue weighted by molar-refractivity contribution is 6.00. The van der Waals surface area contributed by atoms with Crippen LogP contribution in [0, 0.1) is 0 Å². The molecule has 0 saturated heterocycles. The third-order valence-electron chi connectivity index (χ3n) is 4.19. The molecule has 0 spiro atoms. The summed E-state index contributed by atoms with van der Waals surface area (Å²) >= 11 is 0. The molecule has 3 N–H and O–H groups in total. The summed E-state index contributed by atoms with van der Waals surface area (Å²) in [5.74, 6) is 1.09. The number of aromatic nitrogens is 2.